The molecule has 3 amide bonds. The van der Waals surface area contributed by atoms with Crippen molar-refractivity contribution < 1.29 is 19.5 Å². The van der Waals surface area contributed by atoms with Gasteiger partial charge in [0.15, 0.2) is 0 Å². The Bertz CT molecular complexity index is 307. The number of urea groups is 1. The Hall–Kier alpha value is -1.79. The van der Waals surface area contributed by atoms with Crippen molar-refractivity contribution in [2.24, 2.45) is 11.7 Å². The molecule has 0 spiro atoms. The molecule has 0 bridgehead atoms. The Labute approximate surface area is 112 Å². The van der Waals surface area contributed by atoms with E-state index in [-0.39, 0.29) is 30.7 Å². The molecule has 0 radical (unpaired) electrons. The van der Waals surface area contributed by atoms with Gasteiger partial charge in [-0.15, -0.1) is 0 Å². The molecule has 0 aliphatic heterocycles. The van der Waals surface area contributed by atoms with Crippen molar-refractivity contribution in [3.05, 3.63) is 0 Å². The summed E-state index contributed by atoms with van der Waals surface area (Å²) >= 11 is 0. The zero-order chi connectivity index (χ0) is 14.7. The van der Waals surface area contributed by atoms with E-state index in [1.807, 2.05) is 6.92 Å². The lowest BCUT2D eigenvalue weighted by molar-refractivity contribution is -0.137. The van der Waals surface area contributed by atoms with Gasteiger partial charge in [0.05, 0.1) is 0 Å². The monoisotopic (exact) mass is 273 g/mol. The summed E-state index contributed by atoms with van der Waals surface area (Å²) in [6.45, 7) is 2.86. The first kappa shape index (κ1) is 17.2. The summed E-state index contributed by atoms with van der Waals surface area (Å²) in [4.78, 5) is 32.1. The van der Waals surface area contributed by atoms with E-state index in [9.17, 15) is 14.4 Å². The fourth-order valence-electron chi connectivity index (χ4n) is 1.47. The van der Waals surface area contributed by atoms with E-state index in [0.29, 0.717) is 25.9 Å². The van der Waals surface area contributed by atoms with Crippen LogP contribution in [0.3, 0.4) is 0 Å². The van der Waals surface area contributed by atoms with Crippen molar-refractivity contribution in [2.75, 3.05) is 13.1 Å². The molecule has 0 aliphatic rings. The lowest BCUT2D eigenvalue weighted by Crippen LogP contribution is -2.37. The summed E-state index contributed by atoms with van der Waals surface area (Å²) in [6, 6.07) is -0.282. The van der Waals surface area contributed by atoms with Gasteiger partial charge in [0.2, 0.25) is 5.91 Å². The number of amides is 3. The van der Waals surface area contributed by atoms with Crippen LogP contribution in [-0.4, -0.2) is 36.1 Å². The van der Waals surface area contributed by atoms with E-state index in [0.717, 1.165) is 6.42 Å². The second-order valence-electron chi connectivity index (χ2n) is 4.58. The number of carbonyl (C=O) groups excluding carboxylic acids is 2. The Balaban J connectivity index is 3.47. The van der Waals surface area contributed by atoms with Gasteiger partial charge < -0.3 is 21.5 Å². The average Bonchev–Trinajstić information content (AvgIpc) is 2.32. The SMILES string of the molecule is CC(CCNC(=O)NCCCC(N)=O)CCC(=O)O. The number of nitrogens with two attached hydrogens (primary N) is 1. The molecule has 0 saturated carbocycles. The van der Waals surface area contributed by atoms with Gasteiger partial charge in [0, 0.05) is 25.9 Å². The molecule has 7 nitrogen and oxygen atoms in total. The molecule has 0 aromatic carbocycles. The normalized spacial score (nSPS) is 11.6. The van der Waals surface area contributed by atoms with Gasteiger partial charge in [-0.2, -0.15) is 0 Å². The molecule has 1 unspecified atom stereocenters. The molecule has 7 heteroatoms. The Morgan fingerprint density at radius 2 is 1.74 bits per heavy atom. The molecule has 0 heterocycles. The Morgan fingerprint density at radius 1 is 1.11 bits per heavy atom. The number of nitrogens with one attached hydrogen (secondary N) is 2. The zero-order valence-electron chi connectivity index (χ0n) is 11.3. The van der Waals surface area contributed by atoms with Gasteiger partial charge >= 0.3 is 12.0 Å². The van der Waals surface area contributed by atoms with Crippen molar-refractivity contribution in [2.45, 2.75) is 39.0 Å². The number of hydrogen-bond acceptors (Lipinski definition) is 3. The molecule has 0 aliphatic carbocycles. The largest absolute Gasteiger partial charge is 0.481 e. The lowest BCUT2D eigenvalue weighted by atomic mass is 10.0. The number of primary amides is 1. The first-order valence-electron chi connectivity index (χ1n) is 6.43. The van der Waals surface area contributed by atoms with Gasteiger partial charge in [0.25, 0.3) is 0 Å². The van der Waals surface area contributed by atoms with Crippen molar-refractivity contribution in [1.82, 2.24) is 10.6 Å². The van der Waals surface area contributed by atoms with Crippen LogP contribution in [0.5, 0.6) is 0 Å². The third kappa shape index (κ3) is 12.5. The van der Waals surface area contributed by atoms with Gasteiger partial charge in [-0.05, 0) is 25.2 Å². The summed E-state index contributed by atoms with van der Waals surface area (Å²) in [5.41, 5.74) is 4.96. The molecule has 0 aromatic rings. The minimum absolute atomic E-state index is 0.153. The van der Waals surface area contributed by atoms with Crippen LogP contribution in [0.4, 0.5) is 4.79 Å². The molecule has 1 atom stereocenters. The van der Waals surface area contributed by atoms with Crippen molar-refractivity contribution in [3.8, 4) is 0 Å². The van der Waals surface area contributed by atoms with Crippen LogP contribution in [0.2, 0.25) is 0 Å². The summed E-state index contributed by atoms with van der Waals surface area (Å²) < 4.78 is 0. The molecule has 19 heavy (non-hydrogen) atoms. The second kappa shape index (κ2) is 10.2. The highest BCUT2D eigenvalue weighted by Gasteiger charge is 2.06. The molecule has 0 fully saturated rings. The maximum absolute atomic E-state index is 11.3. The van der Waals surface area contributed by atoms with Gasteiger partial charge in [0.1, 0.15) is 0 Å². The number of hydrogen-bond donors (Lipinski definition) is 4. The first-order chi connectivity index (χ1) is 8.91. The molecular weight excluding hydrogens is 250 g/mol. The van der Waals surface area contributed by atoms with Gasteiger partial charge in [-0.25, -0.2) is 4.79 Å². The summed E-state index contributed by atoms with van der Waals surface area (Å²) in [6.07, 6.45) is 2.28. The number of carbonyl (C=O) groups is 3. The van der Waals surface area contributed by atoms with Crippen molar-refractivity contribution in [3.63, 3.8) is 0 Å². The minimum atomic E-state index is -0.799. The Kier molecular flexibility index (Phi) is 9.20. The lowest BCUT2D eigenvalue weighted by Gasteiger charge is -2.11. The van der Waals surface area contributed by atoms with E-state index in [1.54, 1.807) is 0 Å². The second-order valence-corrected chi connectivity index (χ2v) is 4.58. The number of aliphatic carboxylic acids is 1. The minimum Gasteiger partial charge on any atom is -0.481 e. The highest BCUT2D eigenvalue weighted by atomic mass is 16.4. The summed E-state index contributed by atoms with van der Waals surface area (Å²) in [5, 5.41) is 13.8. The van der Waals surface area contributed by atoms with Crippen LogP contribution < -0.4 is 16.4 Å². The smallest absolute Gasteiger partial charge is 0.314 e. The standard InChI is InChI=1S/C12H23N3O4/c1-9(4-5-11(17)18)6-8-15-12(19)14-7-2-3-10(13)16/h9H,2-8H2,1H3,(H2,13,16)(H,17,18)(H2,14,15,19). The fraction of sp³-hybridized carbons (Fsp3) is 0.750. The van der Waals surface area contributed by atoms with Crippen LogP contribution in [0.15, 0.2) is 0 Å². The highest BCUT2D eigenvalue weighted by Crippen LogP contribution is 2.08. The molecule has 110 valence electrons. The van der Waals surface area contributed by atoms with E-state index in [2.05, 4.69) is 10.6 Å². The fourth-order valence-corrected chi connectivity index (χ4v) is 1.47. The van der Waals surface area contributed by atoms with Crippen LogP contribution in [0.25, 0.3) is 0 Å². The van der Waals surface area contributed by atoms with Gasteiger partial charge in [-0.1, -0.05) is 6.92 Å². The summed E-state index contributed by atoms with van der Waals surface area (Å²) in [5.74, 6) is -0.923. The van der Waals surface area contributed by atoms with E-state index >= 15 is 0 Å². The third-order valence-electron chi connectivity index (χ3n) is 2.66. The summed E-state index contributed by atoms with van der Waals surface area (Å²) in [7, 11) is 0. The molecule has 0 rings (SSSR count). The number of carboxylic acid groups (broad SMARTS) is 1. The third-order valence-corrected chi connectivity index (χ3v) is 2.66. The van der Waals surface area contributed by atoms with Crippen molar-refractivity contribution >= 4 is 17.9 Å². The number of rotatable bonds is 10. The average molecular weight is 273 g/mol. The van der Waals surface area contributed by atoms with Gasteiger partial charge in [-0.3, -0.25) is 9.59 Å². The van der Waals surface area contributed by atoms with Crippen LogP contribution in [-0.2, 0) is 9.59 Å². The highest BCUT2D eigenvalue weighted by molar-refractivity contribution is 5.74. The van der Waals surface area contributed by atoms with Crippen LogP contribution in [0, 0.1) is 5.92 Å². The predicted octanol–water partition coefficient (Wildman–Crippen LogP) is 0.442. The maximum atomic E-state index is 11.3. The van der Waals surface area contributed by atoms with Crippen molar-refractivity contribution in [1.29, 1.82) is 0 Å². The molecular formula is C12H23N3O4. The maximum Gasteiger partial charge on any atom is 0.314 e. The van der Waals surface area contributed by atoms with Crippen LogP contribution in [0.1, 0.15) is 39.0 Å². The Morgan fingerprint density at radius 3 is 2.32 bits per heavy atom. The van der Waals surface area contributed by atoms with E-state index < -0.39 is 5.97 Å². The molecule has 0 saturated heterocycles. The first-order valence-corrected chi connectivity index (χ1v) is 6.43. The molecule has 0 aromatic heterocycles. The van der Waals surface area contributed by atoms with Crippen LogP contribution >= 0.6 is 0 Å². The van der Waals surface area contributed by atoms with E-state index in [4.69, 9.17) is 10.8 Å². The quantitative estimate of drug-likeness (QED) is 0.431. The number of carboxylic acids is 1. The molecule has 5 N–H and O–H groups in total. The topological polar surface area (TPSA) is 122 Å². The zero-order valence-corrected chi connectivity index (χ0v) is 11.3. The predicted molar refractivity (Wildman–Crippen MR) is 70.5 cm³/mol. The van der Waals surface area contributed by atoms with E-state index in [1.165, 1.54) is 0 Å².